The van der Waals surface area contributed by atoms with Gasteiger partial charge in [0.1, 0.15) is 17.2 Å². The maximum absolute atomic E-state index is 10.8. The largest absolute Gasteiger partial charge is 0.480 e. The standard InChI is InChI=1S/C15H13NO3/c1-9(15(17)18)16-10-6-7-12-11-4-2-3-5-13(11)19-14(12)8-10/h2-9,16H,1H3,(H,17,18)/t9-/m0/s1. The molecule has 96 valence electrons. The van der Waals surface area contributed by atoms with Crippen molar-refractivity contribution in [1.82, 2.24) is 0 Å². The summed E-state index contributed by atoms with van der Waals surface area (Å²) in [5.41, 5.74) is 2.33. The van der Waals surface area contributed by atoms with Crippen molar-refractivity contribution in [1.29, 1.82) is 0 Å². The molecule has 0 aliphatic rings. The van der Waals surface area contributed by atoms with E-state index in [4.69, 9.17) is 9.52 Å². The SMILES string of the molecule is C[C@H](Nc1ccc2c(c1)oc1ccccc12)C(=O)O. The minimum atomic E-state index is -0.885. The number of carbonyl (C=O) groups is 1. The summed E-state index contributed by atoms with van der Waals surface area (Å²) in [6.07, 6.45) is 0. The van der Waals surface area contributed by atoms with Gasteiger partial charge in [0, 0.05) is 22.5 Å². The Labute approximate surface area is 109 Å². The summed E-state index contributed by atoms with van der Waals surface area (Å²) in [6.45, 7) is 1.60. The molecule has 1 heterocycles. The Morgan fingerprint density at radius 3 is 2.68 bits per heavy atom. The van der Waals surface area contributed by atoms with Crippen LogP contribution in [0.1, 0.15) is 6.92 Å². The molecule has 0 bridgehead atoms. The number of aliphatic carboxylic acids is 1. The topological polar surface area (TPSA) is 62.5 Å². The average Bonchev–Trinajstić information content (AvgIpc) is 2.76. The van der Waals surface area contributed by atoms with Gasteiger partial charge in [-0.1, -0.05) is 18.2 Å². The molecule has 0 radical (unpaired) electrons. The van der Waals surface area contributed by atoms with E-state index < -0.39 is 12.0 Å². The second-order valence-electron chi connectivity index (χ2n) is 4.51. The molecule has 0 unspecified atom stereocenters. The highest BCUT2D eigenvalue weighted by molar-refractivity contribution is 6.05. The number of hydrogen-bond acceptors (Lipinski definition) is 3. The fraction of sp³-hybridized carbons (Fsp3) is 0.133. The van der Waals surface area contributed by atoms with Gasteiger partial charge in [-0.3, -0.25) is 4.79 Å². The molecule has 0 aliphatic carbocycles. The molecule has 1 aromatic heterocycles. The summed E-state index contributed by atoms with van der Waals surface area (Å²) in [7, 11) is 0. The first kappa shape index (κ1) is 11.6. The lowest BCUT2D eigenvalue weighted by Gasteiger charge is -2.10. The van der Waals surface area contributed by atoms with Crippen LogP contribution in [0, 0.1) is 0 Å². The van der Waals surface area contributed by atoms with Crippen LogP contribution in [0.3, 0.4) is 0 Å². The Balaban J connectivity index is 2.06. The summed E-state index contributed by atoms with van der Waals surface area (Å²) in [4.78, 5) is 10.8. The number of benzene rings is 2. The molecule has 3 rings (SSSR count). The molecular weight excluding hydrogens is 242 g/mol. The molecule has 2 aromatic carbocycles. The zero-order valence-corrected chi connectivity index (χ0v) is 10.4. The lowest BCUT2D eigenvalue weighted by Crippen LogP contribution is -2.25. The Morgan fingerprint density at radius 1 is 1.16 bits per heavy atom. The van der Waals surface area contributed by atoms with E-state index in [9.17, 15) is 4.79 Å². The number of hydrogen-bond donors (Lipinski definition) is 2. The van der Waals surface area contributed by atoms with Crippen LogP contribution in [0.2, 0.25) is 0 Å². The molecule has 19 heavy (non-hydrogen) atoms. The number of nitrogens with one attached hydrogen (secondary N) is 1. The van der Waals surface area contributed by atoms with Crippen LogP contribution in [-0.2, 0) is 4.79 Å². The van der Waals surface area contributed by atoms with Crippen LogP contribution < -0.4 is 5.32 Å². The van der Waals surface area contributed by atoms with Crippen molar-refractivity contribution in [2.24, 2.45) is 0 Å². The maximum Gasteiger partial charge on any atom is 0.325 e. The quantitative estimate of drug-likeness (QED) is 0.752. The van der Waals surface area contributed by atoms with Crippen LogP contribution in [0.15, 0.2) is 46.9 Å². The van der Waals surface area contributed by atoms with Crippen molar-refractivity contribution < 1.29 is 14.3 Å². The molecule has 1 atom stereocenters. The monoisotopic (exact) mass is 255 g/mol. The molecular formula is C15H13NO3. The minimum Gasteiger partial charge on any atom is -0.480 e. The predicted molar refractivity (Wildman–Crippen MR) is 74.4 cm³/mol. The van der Waals surface area contributed by atoms with Gasteiger partial charge >= 0.3 is 5.97 Å². The van der Waals surface area contributed by atoms with Gasteiger partial charge in [-0.2, -0.15) is 0 Å². The van der Waals surface area contributed by atoms with E-state index in [1.165, 1.54) is 0 Å². The summed E-state index contributed by atoms with van der Waals surface area (Å²) >= 11 is 0. The molecule has 2 N–H and O–H groups in total. The number of furan rings is 1. The lowest BCUT2D eigenvalue weighted by atomic mass is 10.1. The Hall–Kier alpha value is -2.49. The van der Waals surface area contributed by atoms with E-state index in [1.807, 2.05) is 42.5 Å². The molecule has 4 heteroatoms. The van der Waals surface area contributed by atoms with Gasteiger partial charge in [-0.15, -0.1) is 0 Å². The van der Waals surface area contributed by atoms with Crippen LogP contribution >= 0.6 is 0 Å². The van der Waals surface area contributed by atoms with E-state index in [-0.39, 0.29) is 0 Å². The molecule has 4 nitrogen and oxygen atoms in total. The smallest absolute Gasteiger partial charge is 0.325 e. The second kappa shape index (κ2) is 4.31. The molecule has 0 fully saturated rings. The lowest BCUT2D eigenvalue weighted by molar-refractivity contribution is -0.137. The fourth-order valence-corrected chi connectivity index (χ4v) is 2.13. The summed E-state index contributed by atoms with van der Waals surface area (Å²) < 4.78 is 5.75. The van der Waals surface area contributed by atoms with Crippen LogP contribution in [0.5, 0.6) is 0 Å². The average molecular weight is 255 g/mol. The summed E-state index contributed by atoms with van der Waals surface area (Å²) in [5, 5.41) is 13.9. The number of carboxylic acids is 1. The van der Waals surface area contributed by atoms with Gasteiger partial charge < -0.3 is 14.8 Å². The third kappa shape index (κ3) is 2.01. The van der Waals surface area contributed by atoms with Gasteiger partial charge in [0.2, 0.25) is 0 Å². The van der Waals surface area contributed by atoms with Crippen molar-refractivity contribution >= 4 is 33.6 Å². The van der Waals surface area contributed by atoms with Crippen molar-refractivity contribution in [2.45, 2.75) is 13.0 Å². The van der Waals surface area contributed by atoms with Gasteiger partial charge in [0.15, 0.2) is 0 Å². The van der Waals surface area contributed by atoms with Gasteiger partial charge in [-0.25, -0.2) is 0 Å². The molecule has 0 saturated heterocycles. The highest BCUT2D eigenvalue weighted by Crippen LogP contribution is 2.30. The Kier molecular flexibility index (Phi) is 2.63. The van der Waals surface area contributed by atoms with Crippen molar-refractivity contribution in [3.05, 3.63) is 42.5 Å². The van der Waals surface area contributed by atoms with Crippen molar-refractivity contribution in [3.8, 4) is 0 Å². The first-order valence-corrected chi connectivity index (χ1v) is 6.06. The van der Waals surface area contributed by atoms with Gasteiger partial charge in [-0.05, 0) is 25.1 Å². The minimum absolute atomic E-state index is 0.637. The first-order chi connectivity index (χ1) is 9.15. The number of carboxylic acid groups (broad SMARTS) is 1. The number of rotatable bonds is 3. The maximum atomic E-state index is 10.8. The van der Waals surface area contributed by atoms with Crippen LogP contribution in [0.25, 0.3) is 21.9 Å². The van der Waals surface area contributed by atoms with Crippen molar-refractivity contribution in [2.75, 3.05) is 5.32 Å². The zero-order valence-electron chi connectivity index (χ0n) is 10.4. The number of fused-ring (bicyclic) bond motifs is 3. The summed E-state index contributed by atoms with van der Waals surface area (Å²) in [6, 6.07) is 12.8. The van der Waals surface area contributed by atoms with E-state index >= 15 is 0 Å². The zero-order chi connectivity index (χ0) is 13.4. The molecule has 0 spiro atoms. The van der Waals surface area contributed by atoms with E-state index in [2.05, 4.69) is 5.32 Å². The fourth-order valence-electron chi connectivity index (χ4n) is 2.13. The highest BCUT2D eigenvalue weighted by Gasteiger charge is 2.11. The highest BCUT2D eigenvalue weighted by atomic mass is 16.4. The Bertz CT molecular complexity index is 760. The first-order valence-electron chi connectivity index (χ1n) is 6.06. The molecule has 3 aromatic rings. The molecule has 0 amide bonds. The van der Waals surface area contributed by atoms with E-state index in [0.29, 0.717) is 0 Å². The predicted octanol–water partition coefficient (Wildman–Crippen LogP) is 3.47. The third-order valence-corrected chi connectivity index (χ3v) is 3.13. The molecule has 0 aliphatic heterocycles. The van der Waals surface area contributed by atoms with Gasteiger partial charge in [0.05, 0.1) is 0 Å². The van der Waals surface area contributed by atoms with Crippen LogP contribution in [-0.4, -0.2) is 17.1 Å². The van der Waals surface area contributed by atoms with Crippen LogP contribution in [0.4, 0.5) is 5.69 Å². The Morgan fingerprint density at radius 2 is 1.89 bits per heavy atom. The second-order valence-corrected chi connectivity index (χ2v) is 4.51. The van der Waals surface area contributed by atoms with Crippen molar-refractivity contribution in [3.63, 3.8) is 0 Å². The van der Waals surface area contributed by atoms with E-state index in [0.717, 1.165) is 27.6 Å². The van der Waals surface area contributed by atoms with Gasteiger partial charge in [0.25, 0.3) is 0 Å². The number of anilines is 1. The summed E-state index contributed by atoms with van der Waals surface area (Å²) in [5.74, 6) is -0.885. The molecule has 0 saturated carbocycles. The number of para-hydroxylation sites is 1. The third-order valence-electron chi connectivity index (χ3n) is 3.13. The normalized spacial score (nSPS) is 12.7. The van der Waals surface area contributed by atoms with E-state index in [1.54, 1.807) is 6.92 Å².